The molecule has 9 nitrogen and oxygen atoms in total. The summed E-state index contributed by atoms with van der Waals surface area (Å²) in [4.78, 5) is 51.5. The average molecular weight is 629 g/mol. The first kappa shape index (κ1) is 36.0. The van der Waals surface area contributed by atoms with Crippen LogP contribution in [0.4, 0.5) is 5.69 Å². The van der Waals surface area contributed by atoms with Crippen molar-refractivity contribution in [3.63, 3.8) is 0 Å². The average Bonchev–Trinajstić information content (AvgIpc) is 3.04. The minimum atomic E-state index is -1.08. The molecule has 3 atom stereocenters. The van der Waals surface area contributed by atoms with Crippen molar-refractivity contribution in [2.24, 2.45) is 5.92 Å². The van der Waals surface area contributed by atoms with Crippen LogP contribution in [0.5, 0.6) is 0 Å². The summed E-state index contributed by atoms with van der Waals surface area (Å²) in [6, 6.07) is 26.0. The summed E-state index contributed by atoms with van der Waals surface area (Å²) in [7, 11) is 0. The molecular weight excluding hydrogens is 580 g/mol. The largest absolute Gasteiger partial charge is 0.480 e. The van der Waals surface area contributed by atoms with E-state index in [2.05, 4.69) is 21.3 Å². The van der Waals surface area contributed by atoms with Crippen molar-refractivity contribution < 1.29 is 24.3 Å². The van der Waals surface area contributed by atoms with Crippen LogP contribution in [0.25, 0.3) is 0 Å². The molecule has 3 amide bonds. The lowest BCUT2D eigenvalue weighted by molar-refractivity contribution is -0.140. The van der Waals surface area contributed by atoms with Crippen LogP contribution < -0.4 is 21.3 Å². The van der Waals surface area contributed by atoms with Crippen molar-refractivity contribution in [3.8, 4) is 0 Å². The molecule has 3 rings (SSSR count). The lowest BCUT2D eigenvalue weighted by Gasteiger charge is -2.26. The van der Waals surface area contributed by atoms with E-state index in [1.165, 1.54) is 5.56 Å². The van der Waals surface area contributed by atoms with E-state index < -0.39 is 30.0 Å². The van der Waals surface area contributed by atoms with Crippen molar-refractivity contribution in [2.75, 3.05) is 11.9 Å². The molecule has 0 radical (unpaired) electrons. The highest BCUT2D eigenvalue weighted by Crippen LogP contribution is 2.13. The number of carbonyl (C=O) groups excluding carboxylic acids is 3. The normalized spacial score (nSPS) is 12.9. The highest BCUT2D eigenvalue weighted by Gasteiger charge is 2.29. The Morgan fingerprint density at radius 2 is 1.26 bits per heavy atom. The van der Waals surface area contributed by atoms with E-state index in [0.717, 1.165) is 18.4 Å². The second-order valence-electron chi connectivity index (χ2n) is 12.0. The number of aryl methyl sites for hydroxylation is 2. The summed E-state index contributed by atoms with van der Waals surface area (Å²) in [5, 5.41) is 21.7. The van der Waals surface area contributed by atoms with Gasteiger partial charge in [-0.05, 0) is 74.1 Å². The number of carbonyl (C=O) groups is 4. The van der Waals surface area contributed by atoms with Gasteiger partial charge in [-0.2, -0.15) is 0 Å². The van der Waals surface area contributed by atoms with Gasteiger partial charge in [0.2, 0.25) is 17.7 Å². The van der Waals surface area contributed by atoms with E-state index in [1.54, 1.807) is 12.1 Å². The van der Waals surface area contributed by atoms with E-state index in [1.807, 2.05) is 92.7 Å². The molecule has 0 saturated heterocycles. The zero-order valence-electron chi connectivity index (χ0n) is 26.9. The molecule has 5 N–H and O–H groups in total. The van der Waals surface area contributed by atoms with Crippen LogP contribution in [0.1, 0.15) is 63.5 Å². The maximum Gasteiger partial charge on any atom is 0.320 e. The van der Waals surface area contributed by atoms with Crippen LogP contribution >= 0.6 is 0 Å². The summed E-state index contributed by atoms with van der Waals surface area (Å²) in [6.45, 7) is 4.29. The van der Waals surface area contributed by atoms with Crippen LogP contribution in [0, 0.1) is 5.92 Å². The third-order valence-electron chi connectivity index (χ3n) is 7.67. The van der Waals surface area contributed by atoms with E-state index in [9.17, 15) is 24.3 Å². The third kappa shape index (κ3) is 13.6. The Balaban J connectivity index is 1.59. The van der Waals surface area contributed by atoms with Gasteiger partial charge >= 0.3 is 5.97 Å². The van der Waals surface area contributed by atoms with E-state index in [0.29, 0.717) is 44.3 Å². The van der Waals surface area contributed by atoms with Crippen molar-refractivity contribution in [2.45, 2.75) is 83.3 Å². The summed E-state index contributed by atoms with van der Waals surface area (Å²) < 4.78 is 0. The van der Waals surface area contributed by atoms with Gasteiger partial charge in [0.1, 0.15) is 12.1 Å². The molecule has 0 aliphatic heterocycles. The van der Waals surface area contributed by atoms with Crippen LogP contribution in [-0.4, -0.2) is 53.5 Å². The van der Waals surface area contributed by atoms with Crippen LogP contribution in [-0.2, 0) is 32.0 Å². The van der Waals surface area contributed by atoms with Gasteiger partial charge in [-0.25, -0.2) is 0 Å². The number of aliphatic carboxylic acids is 1. The van der Waals surface area contributed by atoms with Gasteiger partial charge in [-0.1, -0.05) is 92.7 Å². The molecule has 0 heterocycles. The molecule has 0 unspecified atom stereocenters. The number of hydrogen-bond donors (Lipinski definition) is 5. The van der Waals surface area contributed by atoms with E-state index in [4.69, 9.17) is 0 Å². The fourth-order valence-corrected chi connectivity index (χ4v) is 5.21. The number of amides is 3. The molecular formula is C37H48N4O5. The summed E-state index contributed by atoms with van der Waals surface area (Å²) in [5.41, 5.74) is 2.83. The zero-order chi connectivity index (χ0) is 33.1. The first-order valence-corrected chi connectivity index (χ1v) is 16.2. The molecule has 246 valence electrons. The number of para-hydroxylation sites is 1. The lowest BCUT2D eigenvalue weighted by atomic mass is 10.00. The summed E-state index contributed by atoms with van der Waals surface area (Å²) in [5.74, 6) is -1.77. The standard InChI is InChI=1S/C37H48N4O5/c1-27(2)26-33(36(44)39-30-19-10-5-11-20-30)41-35(43)31(24-23-29-16-8-4-9-17-29)40-32(37(45)46)21-13-25-38-34(42)22-12-18-28-14-6-3-7-15-28/h3-11,14-17,19-20,27,31-33,40H,12-13,18,21-26H2,1-2H3,(H,38,42)(H,39,44)(H,41,43)(H,45,46)/t31-,32+,33-/m0/s1. The summed E-state index contributed by atoms with van der Waals surface area (Å²) in [6.07, 6.45) is 3.90. The minimum absolute atomic E-state index is 0.0687. The van der Waals surface area contributed by atoms with Gasteiger partial charge in [-0.3, -0.25) is 24.5 Å². The Bertz CT molecular complexity index is 1350. The molecule has 3 aromatic rings. The van der Waals surface area contributed by atoms with Crippen LogP contribution in [0.2, 0.25) is 0 Å². The number of rotatable bonds is 20. The fourth-order valence-electron chi connectivity index (χ4n) is 5.21. The van der Waals surface area contributed by atoms with Crippen LogP contribution in [0.15, 0.2) is 91.0 Å². The number of hydrogen-bond acceptors (Lipinski definition) is 5. The van der Waals surface area contributed by atoms with Gasteiger partial charge in [0, 0.05) is 18.7 Å². The highest BCUT2D eigenvalue weighted by atomic mass is 16.4. The van der Waals surface area contributed by atoms with E-state index >= 15 is 0 Å². The van der Waals surface area contributed by atoms with Gasteiger partial charge in [0.15, 0.2) is 0 Å². The number of carboxylic acids is 1. The van der Waals surface area contributed by atoms with Crippen molar-refractivity contribution in [3.05, 3.63) is 102 Å². The molecule has 0 spiro atoms. The molecule has 0 saturated carbocycles. The number of benzene rings is 3. The van der Waals surface area contributed by atoms with Crippen molar-refractivity contribution in [1.29, 1.82) is 0 Å². The predicted molar refractivity (Wildman–Crippen MR) is 181 cm³/mol. The number of nitrogens with one attached hydrogen (secondary N) is 4. The number of anilines is 1. The smallest absolute Gasteiger partial charge is 0.320 e. The second-order valence-corrected chi connectivity index (χ2v) is 12.0. The highest BCUT2D eigenvalue weighted by molar-refractivity contribution is 5.98. The van der Waals surface area contributed by atoms with Crippen molar-refractivity contribution in [1.82, 2.24) is 16.0 Å². The fraction of sp³-hybridized carbons (Fsp3) is 0.405. The molecule has 9 heteroatoms. The van der Waals surface area contributed by atoms with Gasteiger partial charge in [-0.15, -0.1) is 0 Å². The Hall–Kier alpha value is -4.50. The minimum Gasteiger partial charge on any atom is -0.480 e. The topological polar surface area (TPSA) is 137 Å². The molecule has 0 fully saturated rings. The Labute approximate surface area is 272 Å². The summed E-state index contributed by atoms with van der Waals surface area (Å²) >= 11 is 0. The maximum atomic E-state index is 13.7. The SMILES string of the molecule is CC(C)C[C@H](NC(=O)[C@H](CCc1ccccc1)N[C@H](CCCNC(=O)CCCc1ccccc1)C(=O)O)C(=O)Nc1ccccc1. The molecule has 3 aromatic carbocycles. The third-order valence-corrected chi connectivity index (χ3v) is 7.67. The Morgan fingerprint density at radius 3 is 1.85 bits per heavy atom. The van der Waals surface area contributed by atoms with Crippen LogP contribution in [0.3, 0.4) is 0 Å². The Morgan fingerprint density at radius 1 is 0.674 bits per heavy atom. The first-order chi connectivity index (χ1) is 22.2. The van der Waals surface area contributed by atoms with Gasteiger partial charge in [0.25, 0.3) is 0 Å². The molecule has 0 bridgehead atoms. The van der Waals surface area contributed by atoms with Gasteiger partial charge < -0.3 is 21.1 Å². The maximum absolute atomic E-state index is 13.7. The second kappa shape index (κ2) is 19.8. The van der Waals surface area contributed by atoms with Gasteiger partial charge in [0.05, 0.1) is 6.04 Å². The van der Waals surface area contributed by atoms with E-state index in [-0.39, 0.29) is 24.2 Å². The monoisotopic (exact) mass is 628 g/mol. The number of carboxylic acid groups (broad SMARTS) is 1. The first-order valence-electron chi connectivity index (χ1n) is 16.2. The lowest BCUT2D eigenvalue weighted by Crippen LogP contribution is -2.55. The Kier molecular flexibility index (Phi) is 15.5. The molecule has 0 aliphatic carbocycles. The molecule has 46 heavy (non-hydrogen) atoms. The van der Waals surface area contributed by atoms with Crippen molar-refractivity contribution >= 4 is 29.4 Å². The quantitative estimate of drug-likeness (QED) is 0.110. The molecule has 0 aromatic heterocycles. The molecule has 0 aliphatic rings. The predicted octanol–water partition coefficient (Wildman–Crippen LogP) is 5.12. The zero-order valence-corrected chi connectivity index (χ0v) is 26.9.